The van der Waals surface area contributed by atoms with Crippen LogP contribution in [0.1, 0.15) is 16.7 Å². The van der Waals surface area contributed by atoms with Crippen molar-refractivity contribution in [2.75, 3.05) is 12.0 Å². The van der Waals surface area contributed by atoms with Crippen LogP contribution in [0, 0.1) is 6.92 Å². The third-order valence-electron chi connectivity index (χ3n) is 4.82. The third kappa shape index (κ3) is 4.66. The monoisotopic (exact) mass is 465 g/mol. The molecular formula is C25H20ClNO4S. The highest BCUT2D eigenvalue weighted by molar-refractivity contribution is 8.19. The number of amides is 2. The molecule has 3 aromatic rings. The van der Waals surface area contributed by atoms with Crippen LogP contribution in [0.15, 0.2) is 71.6 Å². The Labute approximate surface area is 195 Å². The van der Waals surface area contributed by atoms with Crippen molar-refractivity contribution in [3.8, 4) is 11.5 Å². The molecule has 0 saturated carbocycles. The molecule has 0 aliphatic carbocycles. The molecule has 0 aromatic heterocycles. The molecule has 1 heterocycles. The summed E-state index contributed by atoms with van der Waals surface area (Å²) in [4.78, 5) is 26.7. The Bertz CT molecular complexity index is 1210. The van der Waals surface area contributed by atoms with Crippen LogP contribution in [0.4, 0.5) is 10.5 Å². The minimum Gasteiger partial charge on any atom is -0.493 e. The third-order valence-corrected chi connectivity index (χ3v) is 5.97. The molecule has 0 unspecified atom stereocenters. The van der Waals surface area contributed by atoms with E-state index in [1.807, 2.05) is 37.3 Å². The predicted molar refractivity (Wildman–Crippen MR) is 128 cm³/mol. The Morgan fingerprint density at radius 3 is 2.53 bits per heavy atom. The summed E-state index contributed by atoms with van der Waals surface area (Å²) in [5.41, 5.74) is 3.33. The van der Waals surface area contributed by atoms with Gasteiger partial charge in [0.15, 0.2) is 11.5 Å². The number of thioether (sulfide) groups is 1. The summed E-state index contributed by atoms with van der Waals surface area (Å²) in [7, 11) is 1.53. The number of halogens is 1. The maximum atomic E-state index is 12.8. The molecule has 0 radical (unpaired) electrons. The van der Waals surface area contributed by atoms with Crippen molar-refractivity contribution in [3.05, 3.63) is 93.3 Å². The number of benzene rings is 3. The van der Waals surface area contributed by atoms with Gasteiger partial charge in [0.1, 0.15) is 6.61 Å². The lowest BCUT2D eigenvalue weighted by molar-refractivity contribution is -0.113. The summed E-state index contributed by atoms with van der Waals surface area (Å²) in [6, 6.07) is 20.3. The van der Waals surface area contributed by atoms with Gasteiger partial charge in [-0.1, -0.05) is 59.6 Å². The fourth-order valence-electron chi connectivity index (χ4n) is 3.34. The fourth-order valence-corrected chi connectivity index (χ4v) is 4.45. The molecule has 1 aliphatic rings. The van der Waals surface area contributed by atoms with Crippen molar-refractivity contribution < 1.29 is 19.1 Å². The molecule has 162 valence electrons. The van der Waals surface area contributed by atoms with E-state index in [1.54, 1.807) is 42.5 Å². The van der Waals surface area contributed by atoms with E-state index in [9.17, 15) is 9.59 Å². The predicted octanol–water partition coefficient (Wildman–Crippen LogP) is 6.48. The van der Waals surface area contributed by atoms with E-state index >= 15 is 0 Å². The number of carbonyl (C=O) groups is 2. The number of para-hydroxylation sites is 1. The van der Waals surface area contributed by atoms with E-state index in [4.69, 9.17) is 21.1 Å². The van der Waals surface area contributed by atoms with Crippen molar-refractivity contribution in [1.82, 2.24) is 0 Å². The first-order valence-corrected chi connectivity index (χ1v) is 11.0. The number of anilines is 1. The number of hydrogen-bond donors (Lipinski definition) is 0. The number of rotatable bonds is 6. The molecule has 1 saturated heterocycles. The van der Waals surface area contributed by atoms with E-state index < -0.39 is 0 Å². The summed E-state index contributed by atoms with van der Waals surface area (Å²) in [5, 5.41) is 0.00848. The van der Waals surface area contributed by atoms with Crippen LogP contribution in [0.5, 0.6) is 11.5 Å². The lowest BCUT2D eigenvalue weighted by atomic mass is 10.1. The highest BCUT2D eigenvalue weighted by Gasteiger charge is 2.36. The lowest BCUT2D eigenvalue weighted by Crippen LogP contribution is -2.27. The molecule has 0 N–H and O–H groups in total. The Morgan fingerprint density at radius 1 is 1.03 bits per heavy atom. The zero-order valence-electron chi connectivity index (χ0n) is 17.5. The molecule has 0 spiro atoms. The average Bonchev–Trinajstić information content (AvgIpc) is 3.06. The molecule has 3 aromatic carbocycles. The van der Waals surface area contributed by atoms with Crippen molar-refractivity contribution in [2.24, 2.45) is 0 Å². The largest absolute Gasteiger partial charge is 0.493 e. The highest BCUT2D eigenvalue weighted by atomic mass is 35.5. The van der Waals surface area contributed by atoms with E-state index in [0.29, 0.717) is 39.3 Å². The normalized spacial score (nSPS) is 14.8. The first kappa shape index (κ1) is 22.0. The zero-order chi connectivity index (χ0) is 22.7. The van der Waals surface area contributed by atoms with Crippen molar-refractivity contribution in [2.45, 2.75) is 13.5 Å². The Morgan fingerprint density at radius 2 is 1.81 bits per heavy atom. The van der Waals surface area contributed by atoms with Crippen LogP contribution in [-0.4, -0.2) is 18.3 Å². The number of carbonyl (C=O) groups excluding carboxylic acids is 2. The minimum absolute atomic E-state index is 0.311. The second-order valence-corrected chi connectivity index (χ2v) is 8.56. The summed E-state index contributed by atoms with van der Waals surface area (Å²) >= 11 is 7.37. The van der Waals surface area contributed by atoms with Crippen LogP contribution < -0.4 is 14.4 Å². The van der Waals surface area contributed by atoms with Crippen LogP contribution in [0.25, 0.3) is 6.08 Å². The summed E-state index contributed by atoms with van der Waals surface area (Å²) in [6.07, 6.45) is 1.63. The van der Waals surface area contributed by atoms with Gasteiger partial charge in [0.2, 0.25) is 0 Å². The second-order valence-electron chi connectivity index (χ2n) is 7.16. The Hall–Kier alpha value is -3.22. The van der Waals surface area contributed by atoms with Gasteiger partial charge in [-0.3, -0.25) is 9.59 Å². The quantitative estimate of drug-likeness (QED) is 0.390. The Kier molecular flexibility index (Phi) is 6.53. The summed E-state index contributed by atoms with van der Waals surface area (Å²) < 4.78 is 11.4. The number of nitrogens with zero attached hydrogens (tertiary/aromatic N) is 1. The van der Waals surface area contributed by atoms with Crippen molar-refractivity contribution in [1.29, 1.82) is 0 Å². The Balaban J connectivity index is 1.58. The number of aryl methyl sites for hydroxylation is 1. The molecule has 1 fully saturated rings. The summed E-state index contributed by atoms with van der Waals surface area (Å²) in [5.74, 6) is 0.491. The molecule has 0 bridgehead atoms. The zero-order valence-corrected chi connectivity index (χ0v) is 19.1. The van der Waals surface area contributed by atoms with Gasteiger partial charge in [0.05, 0.1) is 22.7 Å². The molecule has 7 heteroatoms. The topological polar surface area (TPSA) is 55.8 Å². The number of ether oxygens (including phenoxy) is 2. The van der Waals surface area contributed by atoms with Crippen molar-refractivity contribution >= 4 is 46.3 Å². The molecule has 1 aliphatic heterocycles. The number of methoxy groups -OCH3 is 1. The summed E-state index contributed by atoms with van der Waals surface area (Å²) in [6.45, 7) is 2.36. The van der Waals surface area contributed by atoms with Crippen LogP contribution in [-0.2, 0) is 11.4 Å². The van der Waals surface area contributed by atoms with E-state index in [0.717, 1.165) is 27.8 Å². The van der Waals surface area contributed by atoms with Gasteiger partial charge in [0, 0.05) is 0 Å². The van der Waals surface area contributed by atoms with Crippen LogP contribution in [0.3, 0.4) is 0 Å². The first-order chi connectivity index (χ1) is 15.5. The van der Waals surface area contributed by atoms with Crippen molar-refractivity contribution in [3.63, 3.8) is 0 Å². The number of imide groups is 1. The van der Waals surface area contributed by atoms with E-state index in [-0.39, 0.29) is 11.1 Å². The van der Waals surface area contributed by atoms with Crippen LogP contribution in [0.2, 0.25) is 5.02 Å². The molecule has 5 nitrogen and oxygen atoms in total. The van der Waals surface area contributed by atoms with Gasteiger partial charge < -0.3 is 9.47 Å². The second kappa shape index (κ2) is 9.51. The van der Waals surface area contributed by atoms with Gasteiger partial charge in [-0.05, 0) is 60.2 Å². The van der Waals surface area contributed by atoms with Gasteiger partial charge in [-0.25, -0.2) is 4.90 Å². The molecular weight excluding hydrogens is 446 g/mol. The molecule has 0 atom stereocenters. The molecule has 32 heavy (non-hydrogen) atoms. The highest BCUT2D eigenvalue weighted by Crippen LogP contribution is 2.40. The maximum absolute atomic E-state index is 12.8. The first-order valence-electron chi connectivity index (χ1n) is 9.85. The number of hydrogen-bond acceptors (Lipinski definition) is 5. The van der Waals surface area contributed by atoms with E-state index in [2.05, 4.69) is 0 Å². The SMILES string of the molecule is COc1cc(/C=C2\SC(=O)N(c3ccccc3)C2=O)cc(Cl)c1OCc1cccc(C)c1. The fraction of sp³-hybridized carbons (Fsp3) is 0.120. The van der Waals surface area contributed by atoms with Gasteiger partial charge >= 0.3 is 0 Å². The smallest absolute Gasteiger partial charge is 0.298 e. The average molecular weight is 466 g/mol. The van der Waals surface area contributed by atoms with E-state index in [1.165, 1.54) is 7.11 Å². The maximum Gasteiger partial charge on any atom is 0.298 e. The molecule has 2 amide bonds. The van der Waals surface area contributed by atoms with Gasteiger partial charge in [0.25, 0.3) is 11.1 Å². The van der Waals surface area contributed by atoms with Crippen LogP contribution >= 0.6 is 23.4 Å². The lowest BCUT2D eigenvalue weighted by Gasteiger charge is -2.14. The van der Waals surface area contributed by atoms with Gasteiger partial charge in [-0.2, -0.15) is 0 Å². The standard InChI is InChI=1S/C25H20ClNO4S/c1-16-7-6-8-17(11-16)15-31-23-20(26)12-18(13-21(23)30-2)14-22-24(28)27(25(29)32-22)19-9-4-3-5-10-19/h3-14H,15H2,1-2H3/b22-14-. The minimum atomic E-state index is -0.374. The molecule has 4 rings (SSSR count). The van der Waals surface area contributed by atoms with Gasteiger partial charge in [-0.15, -0.1) is 0 Å².